The van der Waals surface area contributed by atoms with Crippen LogP contribution in [-0.4, -0.2) is 26.6 Å². The summed E-state index contributed by atoms with van der Waals surface area (Å²) in [5.41, 5.74) is 2.07. The van der Waals surface area contributed by atoms with Crippen molar-refractivity contribution in [3.8, 4) is 5.75 Å². The normalized spacial score (nSPS) is 16.3. The first kappa shape index (κ1) is 23.8. The predicted molar refractivity (Wildman–Crippen MR) is 145 cm³/mol. The number of sulfonamides is 1. The number of nitrogens with zero attached hydrogens (tertiary/aromatic N) is 2. The molecule has 0 bridgehead atoms. The Morgan fingerprint density at radius 1 is 0.917 bits per heavy atom. The van der Waals surface area contributed by atoms with Crippen molar-refractivity contribution in [3.63, 3.8) is 0 Å². The topological polar surface area (TPSA) is 102 Å². The zero-order valence-electron chi connectivity index (χ0n) is 19.2. The van der Waals surface area contributed by atoms with E-state index in [-0.39, 0.29) is 10.8 Å². The lowest BCUT2D eigenvalue weighted by Gasteiger charge is -2.15. The van der Waals surface area contributed by atoms with Gasteiger partial charge in [-0.2, -0.15) is 0 Å². The average Bonchev–Trinajstić information content (AvgIpc) is 3.18. The molecule has 0 aromatic heterocycles. The maximum Gasteiger partial charge on any atom is 0.271 e. The number of para-hydroxylation sites is 1. The Balaban J connectivity index is 1.53. The van der Waals surface area contributed by atoms with Crippen LogP contribution < -0.4 is 14.8 Å². The number of benzene rings is 4. The van der Waals surface area contributed by atoms with E-state index in [1.807, 2.05) is 72.8 Å². The lowest BCUT2D eigenvalue weighted by Crippen LogP contribution is -2.28. The second-order valence-corrected chi connectivity index (χ2v) is 10.6. The number of rotatable bonds is 5. The molecule has 0 aliphatic carbocycles. The number of thioether (sulfide) groups is 1. The van der Waals surface area contributed by atoms with Crippen molar-refractivity contribution < 1.29 is 17.9 Å². The van der Waals surface area contributed by atoms with Gasteiger partial charge in [0.25, 0.3) is 5.91 Å². The van der Waals surface area contributed by atoms with E-state index in [2.05, 4.69) is 4.99 Å². The number of ether oxygens (including phenoxy) is 1. The molecule has 180 valence electrons. The standard InChI is InChI=1S/C27H21N3O4S2/c1-34-23-12-9-19-15-18(7-8-20(19)17-23)16-25-26(31)30(22-5-3-2-4-6-22)27(35-25)29-21-10-13-24(14-11-21)36(28,32)33/h2-17H,1H3,(H2,28,32,33). The molecule has 7 nitrogen and oxygen atoms in total. The van der Waals surface area contributed by atoms with Crippen LogP contribution in [0.5, 0.6) is 5.75 Å². The minimum Gasteiger partial charge on any atom is -0.497 e. The molecule has 5 rings (SSSR count). The molecular formula is C27H21N3O4S2. The predicted octanol–water partition coefficient (Wildman–Crippen LogP) is 5.30. The molecule has 0 radical (unpaired) electrons. The number of carbonyl (C=O) groups is 1. The van der Waals surface area contributed by atoms with Crippen LogP contribution in [0.15, 0.2) is 106 Å². The van der Waals surface area contributed by atoms with Gasteiger partial charge in [-0.1, -0.05) is 36.4 Å². The first-order valence-electron chi connectivity index (χ1n) is 10.9. The molecule has 0 saturated carbocycles. The molecule has 9 heteroatoms. The smallest absolute Gasteiger partial charge is 0.271 e. The number of hydrogen-bond donors (Lipinski definition) is 1. The Hall–Kier alpha value is -3.92. The van der Waals surface area contributed by atoms with Crippen molar-refractivity contribution in [3.05, 3.63) is 101 Å². The van der Waals surface area contributed by atoms with E-state index in [4.69, 9.17) is 9.88 Å². The molecule has 4 aromatic rings. The highest BCUT2D eigenvalue weighted by atomic mass is 32.2. The number of anilines is 1. The van der Waals surface area contributed by atoms with Gasteiger partial charge in [-0.25, -0.2) is 18.5 Å². The van der Waals surface area contributed by atoms with Crippen LogP contribution in [0.1, 0.15) is 5.56 Å². The van der Waals surface area contributed by atoms with Gasteiger partial charge in [0.05, 0.1) is 28.3 Å². The van der Waals surface area contributed by atoms with Gasteiger partial charge in [-0.05, 0) is 88.8 Å². The zero-order chi connectivity index (χ0) is 25.3. The quantitative estimate of drug-likeness (QED) is 0.363. The summed E-state index contributed by atoms with van der Waals surface area (Å²) in [4.78, 5) is 20.2. The summed E-state index contributed by atoms with van der Waals surface area (Å²) in [7, 11) is -2.17. The minimum atomic E-state index is -3.81. The number of fused-ring (bicyclic) bond motifs is 1. The van der Waals surface area contributed by atoms with Crippen LogP contribution >= 0.6 is 11.8 Å². The second kappa shape index (κ2) is 9.62. The van der Waals surface area contributed by atoms with E-state index in [1.54, 1.807) is 24.1 Å². The van der Waals surface area contributed by atoms with Crippen molar-refractivity contribution >= 4 is 61.1 Å². The number of amidine groups is 1. The third-order valence-electron chi connectivity index (χ3n) is 5.58. The number of amides is 1. The molecule has 1 saturated heterocycles. The Labute approximate surface area is 213 Å². The fourth-order valence-electron chi connectivity index (χ4n) is 3.78. The summed E-state index contributed by atoms with van der Waals surface area (Å²) in [5, 5.41) is 7.73. The van der Waals surface area contributed by atoms with Crippen LogP contribution in [0.25, 0.3) is 16.8 Å². The van der Waals surface area contributed by atoms with Gasteiger partial charge in [-0.15, -0.1) is 0 Å². The van der Waals surface area contributed by atoms with Crippen molar-refractivity contribution in [1.82, 2.24) is 0 Å². The fourth-order valence-corrected chi connectivity index (χ4v) is 5.30. The number of aliphatic imine (C=N–C) groups is 1. The fraction of sp³-hybridized carbons (Fsp3) is 0.0370. The third kappa shape index (κ3) is 4.90. The molecule has 1 amide bonds. The van der Waals surface area contributed by atoms with Gasteiger partial charge in [0, 0.05) is 0 Å². The molecule has 36 heavy (non-hydrogen) atoms. The first-order valence-corrected chi connectivity index (χ1v) is 13.3. The molecule has 0 atom stereocenters. The van der Waals surface area contributed by atoms with E-state index in [0.717, 1.165) is 22.1 Å². The Bertz CT molecular complexity index is 1630. The van der Waals surface area contributed by atoms with Crippen molar-refractivity contribution in [2.75, 3.05) is 12.0 Å². The molecule has 4 aromatic carbocycles. The van der Waals surface area contributed by atoms with Gasteiger partial charge in [0.15, 0.2) is 5.17 Å². The molecular weight excluding hydrogens is 494 g/mol. The monoisotopic (exact) mass is 515 g/mol. The lowest BCUT2D eigenvalue weighted by molar-refractivity contribution is -0.113. The molecule has 2 N–H and O–H groups in total. The van der Waals surface area contributed by atoms with Gasteiger partial charge in [0.2, 0.25) is 10.0 Å². The SMILES string of the molecule is COc1ccc2cc(C=C3SC(=Nc4ccc(S(N)(=O)=O)cc4)N(c4ccccc4)C3=O)ccc2c1. The Kier molecular flexibility index (Phi) is 6.36. The highest BCUT2D eigenvalue weighted by Gasteiger charge is 2.34. The Morgan fingerprint density at radius 3 is 2.31 bits per heavy atom. The average molecular weight is 516 g/mol. The van der Waals surface area contributed by atoms with Crippen molar-refractivity contribution in [1.29, 1.82) is 0 Å². The first-order chi connectivity index (χ1) is 17.3. The summed E-state index contributed by atoms with van der Waals surface area (Å²) in [6, 6.07) is 27.0. The van der Waals surface area contributed by atoms with Crippen LogP contribution in [0.3, 0.4) is 0 Å². The second-order valence-electron chi connectivity index (χ2n) is 7.99. The molecule has 0 spiro atoms. The van der Waals surface area contributed by atoms with Gasteiger partial charge < -0.3 is 4.74 Å². The van der Waals surface area contributed by atoms with Crippen LogP contribution in [-0.2, 0) is 14.8 Å². The minimum absolute atomic E-state index is 0.00368. The maximum atomic E-state index is 13.5. The molecule has 0 unspecified atom stereocenters. The van der Waals surface area contributed by atoms with Gasteiger partial charge >= 0.3 is 0 Å². The molecule has 1 fully saturated rings. The van der Waals surface area contributed by atoms with Crippen molar-refractivity contribution in [2.24, 2.45) is 10.1 Å². The summed E-state index contributed by atoms with van der Waals surface area (Å²) < 4.78 is 28.4. The summed E-state index contributed by atoms with van der Waals surface area (Å²) in [6.07, 6.45) is 1.85. The number of hydrogen-bond acceptors (Lipinski definition) is 6. The number of carbonyl (C=O) groups excluding carboxylic acids is 1. The third-order valence-corrected chi connectivity index (χ3v) is 7.48. The number of nitrogens with two attached hydrogens (primary N) is 1. The van der Waals surface area contributed by atoms with E-state index in [0.29, 0.717) is 21.4 Å². The summed E-state index contributed by atoms with van der Waals surface area (Å²) >= 11 is 1.26. The van der Waals surface area contributed by atoms with E-state index >= 15 is 0 Å². The number of methoxy groups -OCH3 is 1. The van der Waals surface area contributed by atoms with Crippen LogP contribution in [0.4, 0.5) is 11.4 Å². The zero-order valence-corrected chi connectivity index (χ0v) is 20.8. The van der Waals surface area contributed by atoms with E-state index in [1.165, 1.54) is 23.9 Å². The summed E-state index contributed by atoms with van der Waals surface area (Å²) in [5.74, 6) is 0.590. The van der Waals surface area contributed by atoms with E-state index < -0.39 is 10.0 Å². The van der Waals surface area contributed by atoms with E-state index in [9.17, 15) is 13.2 Å². The number of primary sulfonamides is 1. The molecule has 1 aliphatic rings. The van der Waals surface area contributed by atoms with Gasteiger partial charge in [-0.3, -0.25) is 9.69 Å². The Morgan fingerprint density at radius 2 is 1.61 bits per heavy atom. The van der Waals surface area contributed by atoms with Crippen molar-refractivity contribution in [2.45, 2.75) is 4.90 Å². The molecule has 1 aliphatic heterocycles. The van der Waals surface area contributed by atoms with Gasteiger partial charge in [0.1, 0.15) is 5.75 Å². The largest absolute Gasteiger partial charge is 0.497 e. The van der Waals surface area contributed by atoms with Crippen LogP contribution in [0.2, 0.25) is 0 Å². The highest BCUT2D eigenvalue weighted by Crippen LogP contribution is 2.37. The summed E-state index contributed by atoms with van der Waals surface area (Å²) in [6.45, 7) is 0. The molecule has 1 heterocycles. The maximum absolute atomic E-state index is 13.5. The lowest BCUT2D eigenvalue weighted by atomic mass is 10.1. The van der Waals surface area contributed by atoms with Crippen LogP contribution in [0, 0.1) is 0 Å². The highest BCUT2D eigenvalue weighted by molar-refractivity contribution is 8.19.